The summed E-state index contributed by atoms with van der Waals surface area (Å²) in [6.07, 6.45) is 1.65. The number of Topliss-reactive ketones (excluding diaryl/α,β-unsaturated/α-hetero) is 1. The SMILES string of the molecule is COc1cc([C@H]2C(C#N)=C(N)OC3=C2C(=O)CCC3)cc(Cl)c1OCc1ccccc1Cl. The molecule has 1 aliphatic carbocycles. The van der Waals surface area contributed by atoms with Crippen molar-refractivity contribution in [2.24, 2.45) is 5.73 Å². The Bertz CT molecular complexity index is 1200. The molecule has 0 saturated heterocycles. The first-order chi connectivity index (χ1) is 15.4. The standard InChI is InChI=1S/C24H20Cl2N2O4/c1-30-20-10-14(9-17(26)23(20)31-12-13-5-2-3-6-16(13)25)21-15(11-27)24(28)32-19-8-4-7-18(29)22(19)21/h2-3,5-6,9-10,21H,4,7-8,12,28H2,1H3/t21-/m0/s1. The molecular formula is C24H20Cl2N2O4. The van der Waals surface area contributed by atoms with Crippen LogP contribution in [-0.2, 0) is 16.1 Å². The average molecular weight is 471 g/mol. The van der Waals surface area contributed by atoms with Gasteiger partial charge in [0, 0.05) is 29.0 Å². The quantitative estimate of drug-likeness (QED) is 0.628. The van der Waals surface area contributed by atoms with Gasteiger partial charge >= 0.3 is 0 Å². The van der Waals surface area contributed by atoms with Crippen LogP contribution in [-0.4, -0.2) is 12.9 Å². The fourth-order valence-corrected chi connectivity index (χ4v) is 4.47. The van der Waals surface area contributed by atoms with Crippen LogP contribution in [0.1, 0.15) is 36.3 Å². The van der Waals surface area contributed by atoms with E-state index in [4.69, 9.17) is 43.1 Å². The van der Waals surface area contributed by atoms with Crippen molar-refractivity contribution in [1.29, 1.82) is 5.26 Å². The highest BCUT2D eigenvalue weighted by Crippen LogP contribution is 2.47. The number of nitrogens with zero attached hydrogens (tertiary/aromatic N) is 1. The number of nitrogens with two attached hydrogens (primary N) is 1. The smallest absolute Gasteiger partial charge is 0.205 e. The van der Waals surface area contributed by atoms with Crippen LogP contribution in [0.3, 0.4) is 0 Å². The third-order valence-corrected chi connectivity index (χ3v) is 6.17. The van der Waals surface area contributed by atoms with E-state index in [9.17, 15) is 10.1 Å². The average Bonchev–Trinajstić information content (AvgIpc) is 2.78. The molecule has 1 aliphatic heterocycles. The van der Waals surface area contributed by atoms with Crippen LogP contribution in [0.25, 0.3) is 0 Å². The van der Waals surface area contributed by atoms with Gasteiger partial charge in [0.1, 0.15) is 24.0 Å². The Hall–Kier alpha value is -3.14. The lowest BCUT2D eigenvalue weighted by Crippen LogP contribution is -2.27. The number of carbonyl (C=O) groups is 1. The fourth-order valence-electron chi connectivity index (χ4n) is 4.00. The predicted octanol–water partition coefficient (Wildman–Crippen LogP) is 5.40. The highest BCUT2D eigenvalue weighted by molar-refractivity contribution is 6.32. The van der Waals surface area contributed by atoms with Gasteiger partial charge in [0.2, 0.25) is 5.88 Å². The molecule has 4 rings (SSSR count). The van der Waals surface area contributed by atoms with Gasteiger partial charge in [0.25, 0.3) is 0 Å². The maximum Gasteiger partial charge on any atom is 0.205 e. The van der Waals surface area contributed by atoms with E-state index in [1.54, 1.807) is 18.2 Å². The Balaban J connectivity index is 1.75. The lowest BCUT2D eigenvalue weighted by Gasteiger charge is -2.31. The number of ether oxygens (including phenoxy) is 3. The lowest BCUT2D eigenvalue weighted by molar-refractivity contribution is -0.116. The van der Waals surface area contributed by atoms with Crippen LogP contribution in [0.15, 0.2) is 59.2 Å². The monoisotopic (exact) mass is 470 g/mol. The van der Waals surface area contributed by atoms with Crippen molar-refractivity contribution in [1.82, 2.24) is 0 Å². The zero-order chi connectivity index (χ0) is 22.8. The highest BCUT2D eigenvalue weighted by atomic mass is 35.5. The minimum absolute atomic E-state index is 0.0000790. The summed E-state index contributed by atoms with van der Waals surface area (Å²) in [6, 6.07) is 12.8. The van der Waals surface area contributed by atoms with E-state index in [0.717, 1.165) is 5.56 Å². The van der Waals surface area contributed by atoms with Gasteiger partial charge in [-0.05, 0) is 30.2 Å². The molecule has 0 spiro atoms. The summed E-state index contributed by atoms with van der Waals surface area (Å²) in [5.41, 5.74) is 8.04. The summed E-state index contributed by atoms with van der Waals surface area (Å²) in [6.45, 7) is 0.191. The van der Waals surface area contributed by atoms with Crippen LogP contribution in [0.5, 0.6) is 11.5 Å². The first kappa shape index (κ1) is 22.1. The molecule has 0 fully saturated rings. The molecular weight excluding hydrogens is 451 g/mol. The lowest BCUT2D eigenvalue weighted by atomic mass is 9.77. The number of ketones is 1. The van der Waals surface area contributed by atoms with Crippen molar-refractivity contribution < 1.29 is 19.0 Å². The summed E-state index contributed by atoms with van der Waals surface area (Å²) >= 11 is 12.8. The second-order valence-electron chi connectivity index (χ2n) is 7.45. The molecule has 8 heteroatoms. The van der Waals surface area contributed by atoms with E-state index >= 15 is 0 Å². The highest BCUT2D eigenvalue weighted by Gasteiger charge is 2.38. The second-order valence-corrected chi connectivity index (χ2v) is 8.27. The number of hydrogen-bond donors (Lipinski definition) is 1. The van der Waals surface area contributed by atoms with Gasteiger partial charge in [-0.2, -0.15) is 5.26 Å². The number of halogens is 2. The van der Waals surface area contributed by atoms with Crippen LogP contribution in [0.2, 0.25) is 10.0 Å². The van der Waals surface area contributed by atoms with Crippen molar-refractivity contribution in [2.45, 2.75) is 31.8 Å². The Kier molecular flexibility index (Phi) is 6.31. The number of rotatable bonds is 5. The number of allylic oxidation sites excluding steroid dienone is 3. The maximum atomic E-state index is 12.8. The van der Waals surface area contributed by atoms with E-state index in [1.807, 2.05) is 18.2 Å². The molecule has 32 heavy (non-hydrogen) atoms. The maximum absolute atomic E-state index is 12.8. The number of hydrogen-bond acceptors (Lipinski definition) is 6. The molecule has 2 N–H and O–H groups in total. The number of methoxy groups -OCH3 is 1. The molecule has 1 heterocycles. The van der Waals surface area contributed by atoms with Gasteiger partial charge in [-0.1, -0.05) is 41.4 Å². The third kappa shape index (κ3) is 4.02. The van der Waals surface area contributed by atoms with Crippen LogP contribution in [0.4, 0.5) is 0 Å². The molecule has 0 aromatic heterocycles. The Morgan fingerprint density at radius 1 is 1.22 bits per heavy atom. The van der Waals surface area contributed by atoms with E-state index in [2.05, 4.69) is 6.07 Å². The molecule has 2 aromatic rings. The Labute approximate surface area is 195 Å². The van der Waals surface area contributed by atoms with Crippen LogP contribution in [0, 0.1) is 11.3 Å². The molecule has 2 aromatic carbocycles. The predicted molar refractivity (Wildman–Crippen MR) is 120 cm³/mol. The third-order valence-electron chi connectivity index (χ3n) is 5.52. The van der Waals surface area contributed by atoms with Crippen molar-refractivity contribution in [3.05, 3.63) is 80.4 Å². The summed E-state index contributed by atoms with van der Waals surface area (Å²) in [4.78, 5) is 12.8. The van der Waals surface area contributed by atoms with E-state index < -0.39 is 5.92 Å². The van der Waals surface area contributed by atoms with Gasteiger partial charge < -0.3 is 19.9 Å². The first-order valence-electron chi connectivity index (χ1n) is 10.0. The molecule has 0 amide bonds. The van der Waals surface area contributed by atoms with Gasteiger partial charge in [-0.3, -0.25) is 4.79 Å². The Morgan fingerprint density at radius 3 is 2.72 bits per heavy atom. The van der Waals surface area contributed by atoms with Crippen molar-refractivity contribution in [3.63, 3.8) is 0 Å². The van der Waals surface area contributed by atoms with Gasteiger partial charge in [-0.25, -0.2) is 0 Å². The van der Waals surface area contributed by atoms with E-state index in [1.165, 1.54) is 7.11 Å². The van der Waals surface area contributed by atoms with Crippen LogP contribution < -0.4 is 15.2 Å². The van der Waals surface area contributed by atoms with Gasteiger partial charge in [0.05, 0.1) is 18.1 Å². The van der Waals surface area contributed by atoms with Crippen molar-refractivity contribution in [2.75, 3.05) is 7.11 Å². The van der Waals surface area contributed by atoms with Crippen molar-refractivity contribution >= 4 is 29.0 Å². The molecule has 0 saturated carbocycles. The zero-order valence-corrected chi connectivity index (χ0v) is 18.8. The fraction of sp³-hybridized carbons (Fsp3) is 0.250. The molecule has 0 radical (unpaired) electrons. The second kappa shape index (κ2) is 9.15. The first-order valence-corrected chi connectivity index (χ1v) is 10.8. The van der Waals surface area contributed by atoms with E-state index in [-0.39, 0.29) is 28.9 Å². The van der Waals surface area contributed by atoms with Gasteiger partial charge in [0.15, 0.2) is 17.3 Å². The van der Waals surface area contributed by atoms with Crippen molar-refractivity contribution in [3.8, 4) is 17.6 Å². The molecule has 2 aliphatic rings. The largest absolute Gasteiger partial charge is 0.493 e. The minimum atomic E-state index is -0.680. The molecule has 0 unspecified atom stereocenters. The number of benzene rings is 2. The molecule has 1 atom stereocenters. The Morgan fingerprint density at radius 2 is 2.00 bits per heavy atom. The van der Waals surface area contributed by atoms with E-state index in [0.29, 0.717) is 52.7 Å². The number of nitriles is 1. The zero-order valence-electron chi connectivity index (χ0n) is 17.3. The molecule has 0 bridgehead atoms. The normalized spacial score (nSPS) is 18.1. The molecule has 6 nitrogen and oxygen atoms in total. The summed E-state index contributed by atoms with van der Waals surface area (Å²) in [5.74, 6) is 0.472. The minimum Gasteiger partial charge on any atom is -0.493 e. The number of carbonyl (C=O) groups excluding carboxylic acids is 1. The van der Waals surface area contributed by atoms with Gasteiger partial charge in [-0.15, -0.1) is 0 Å². The summed E-state index contributed by atoms with van der Waals surface area (Å²) in [7, 11) is 1.49. The summed E-state index contributed by atoms with van der Waals surface area (Å²) < 4.78 is 17.1. The topological polar surface area (TPSA) is 94.6 Å². The van der Waals surface area contributed by atoms with Crippen LogP contribution >= 0.6 is 23.2 Å². The molecule has 164 valence electrons. The summed E-state index contributed by atoms with van der Waals surface area (Å²) in [5, 5.41) is 10.6.